The van der Waals surface area contributed by atoms with E-state index < -0.39 is 40.0 Å². The Morgan fingerprint density at radius 3 is 2.57 bits per heavy atom. The van der Waals surface area contributed by atoms with Gasteiger partial charge in [0.15, 0.2) is 0 Å². The summed E-state index contributed by atoms with van der Waals surface area (Å²) >= 11 is 0. The zero-order chi connectivity index (χ0) is 20.7. The van der Waals surface area contributed by atoms with Crippen molar-refractivity contribution in [2.75, 3.05) is 13.7 Å². The van der Waals surface area contributed by atoms with Crippen LogP contribution in [0.2, 0.25) is 0 Å². The minimum absolute atomic E-state index is 0.216. The number of sulfonamides is 1. The fourth-order valence-corrected chi connectivity index (χ4v) is 4.53. The average molecular weight is 412 g/mol. The molecule has 1 aliphatic rings. The van der Waals surface area contributed by atoms with Gasteiger partial charge in [0.25, 0.3) is 0 Å². The molecule has 1 aromatic carbocycles. The van der Waals surface area contributed by atoms with Crippen molar-refractivity contribution in [3.63, 3.8) is 0 Å². The maximum Gasteiger partial charge on any atom is 0.328 e. The number of carboxylic acids is 1. The highest BCUT2D eigenvalue weighted by Crippen LogP contribution is 2.21. The SMILES string of the molecule is COC(=O)[C@@H]1CCCN1C(=O)[C@@H](CCC(=O)O)NS(=O)(=O)Cc1ccccc1. The molecule has 10 heteroatoms. The average Bonchev–Trinajstić information content (AvgIpc) is 3.14. The topological polar surface area (TPSA) is 130 Å². The zero-order valence-electron chi connectivity index (χ0n) is 15.5. The Morgan fingerprint density at radius 2 is 1.96 bits per heavy atom. The maximum absolute atomic E-state index is 12.9. The summed E-state index contributed by atoms with van der Waals surface area (Å²) in [6.07, 6.45) is 0.391. The van der Waals surface area contributed by atoms with E-state index in [1.54, 1.807) is 30.3 Å². The van der Waals surface area contributed by atoms with Crippen LogP contribution in [0, 0.1) is 0 Å². The smallest absolute Gasteiger partial charge is 0.328 e. The summed E-state index contributed by atoms with van der Waals surface area (Å²) in [5, 5.41) is 8.95. The van der Waals surface area contributed by atoms with E-state index in [0.717, 1.165) is 0 Å². The standard InChI is InChI=1S/C18H24N2O7S/c1-27-18(24)15-8-5-11-20(15)17(23)14(9-10-16(21)22)19-28(25,26)12-13-6-3-2-4-7-13/h2-4,6-7,14-15,19H,5,8-12H2,1H3,(H,21,22)/t14-,15+/m1/s1. The predicted octanol–water partition coefficient (Wildman–Crippen LogP) is 0.503. The number of carboxylic acid groups (broad SMARTS) is 1. The number of benzene rings is 1. The van der Waals surface area contributed by atoms with Crippen LogP contribution in [0.25, 0.3) is 0 Å². The van der Waals surface area contributed by atoms with E-state index in [-0.39, 0.29) is 25.1 Å². The van der Waals surface area contributed by atoms with Crippen molar-refractivity contribution in [2.24, 2.45) is 0 Å². The number of aliphatic carboxylic acids is 1. The quantitative estimate of drug-likeness (QED) is 0.565. The van der Waals surface area contributed by atoms with Gasteiger partial charge in [-0.3, -0.25) is 9.59 Å². The van der Waals surface area contributed by atoms with E-state index in [9.17, 15) is 22.8 Å². The van der Waals surface area contributed by atoms with E-state index in [2.05, 4.69) is 4.72 Å². The number of carbonyl (C=O) groups excluding carboxylic acids is 2. The zero-order valence-corrected chi connectivity index (χ0v) is 16.4. The highest BCUT2D eigenvalue weighted by molar-refractivity contribution is 7.88. The number of hydrogen-bond donors (Lipinski definition) is 2. The van der Waals surface area contributed by atoms with Gasteiger partial charge >= 0.3 is 11.9 Å². The second-order valence-corrected chi connectivity index (χ2v) is 8.31. The van der Waals surface area contributed by atoms with E-state index in [1.807, 2.05) is 0 Å². The number of methoxy groups -OCH3 is 1. The third-order valence-corrected chi connectivity index (χ3v) is 5.83. The lowest BCUT2D eigenvalue weighted by molar-refractivity contribution is -0.151. The first-order chi connectivity index (χ1) is 13.2. The molecule has 1 amide bonds. The van der Waals surface area contributed by atoms with Crippen molar-refractivity contribution in [1.82, 2.24) is 9.62 Å². The summed E-state index contributed by atoms with van der Waals surface area (Å²) in [6.45, 7) is 0.280. The van der Waals surface area contributed by atoms with Crippen LogP contribution in [-0.2, 0) is 34.9 Å². The van der Waals surface area contributed by atoms with Gasteiger partial charge in [-0.1, -0.05) is 30.3 Å². The summed E-state index contributed by atoms with van der Waals surface area (Å²) in [5.74, 6) is -2.68. The number of nitrogens with one attached hydrogen (secondary N) is 1. The highest BCUT2D eigenvalue weighted by Gasteiger charge is 2.39. The van der Waals surface area contributed by atoms with E-state index in [4.69, 9.17) is 9.84 Å². The van der Waals surface area contributed by atoms with Gasteiger partial charge in [0.05, 0.1) is 12.9 Å². The molecule has 2 N–H and O–H groups in total. The predicted molar refractivity (Wildman–Crippen MR) is 99.6 cm³/mol. The molecule has 0 radical (unpaired) electrons. The fraction of sp³-hybridized carbons (Fsp3) is 0.500. The van der Waals surface area contributed by atoms with Gasteiger partial charge in [-0.25, -0.2) is 17.9 Å². The van der Waals surface area contributed by atoms with E-state index in [0.29, 0.717) is 18.4 Å². The van der Waals surface area contributed by atoms with Gasteiger partial charge in [0.1, 0.15) is 12.1 Å². The van der Waals surface area contributed by atoms with Crippen LogP contribution in [0.1, 0.15) is 31.2 Å². The van der Waals surface area contributed by atoms with Crippen molar-refractivity contribution in [3.05, 3.63) is 35.9 Å². The molecule has 2 atom stereocenters. The summed E-state index contributed by atoms with van der Waals surface area (Å²) in [4.78, 5) is 37.0. The first-order valence-corrected chi connectivity index (χ1v) is 10.5. The van der Waals surface area contributed by atoms with Crippen molar-refractivity contribution >= 4 is 27.9 Å². The molecule has 1 saturated heterocycles. The molecule has 0 bridgehead atoms. The minimum atomic E-state index is -3.91. The molecule has 0 unspecified atom stereocenters. The molecule has 2 rings (SSSR count). The minimum Gasteiger partial charge on any atom is -0.481 e. The van der Waals surface area contributed by atoms with E-state index >= 15 is 0 Å². The Hall–Kier alpha value is -2.46. The molecule has 9 nitrogen and oxygen atoms in total. The van der Waals surface area contributed by atoms with E-state index in [1.165, 1.54) is 12.0 Å². The van der Waals surface area contributed by atoms with Crippen LogP contribution in [0.5, 0.6) is 0 Å². The number of likely N-dealkylation sites (tertiary alicyclic amines) is 1. The summed E-state index contributed by atoms with van der Waals surface area (Å²) < 4.78 is 32.1. The van der Waals surface area contributed by atoms with Crippen molar-refractivity contribution in [2.45, 2.75) is 43.5 Å². The van der Waals surface area contributed by atoms with Crippen molar-refractivity contribution in [1.29, 1.82) is 0 Å². The van der Waals surface area contributed by atoms with Gasteiger partial charge in [-0.2, -0.15) is 0 Å². The molecular weight excluding hydrogens is 388 g/mol. The van der Waals surface area contributed by atoms with Gasteiger partial charge < -0.3 is 14.7 Å². The van der Waals surface area contributed by atoms with Crippen LogP contribution >= 0.6 is 0 Å². The Morgan fingerprint density at radius 1 is 1.29 bits per heavy atom. The third-order valence-electron chi connectivity index (χ3n) is 4.48. The number of nitrogens with zero attached hydrogens (tertiary/aromatic N) is 1. The van der Waals surface area contributed by atoms with Gasteiger partial charge in [0.2, 0.25) is 15.9 Å². The first-order valence-electron chi connectivity index (χ1n) is 8.87. The molecule has 1 aliphatic heterocycles. The molecule has 1 fully saturated rings. The highest BCUT2D eigenvalue weighted by atomic mass is 32.2. The third kappa shape index (κ3) is 6.03. The molecule has 1 aromatic rings. The van der Waals surface area contributed by atoms with Crippen molar-refractivity contribution < 1.29 is 32.6 Å². The first kappa shape index (κ1) is 21.8. The molecule has 1 heterocycles. The molecular formula is C18H24N2O7S. The number of ether oxygens (including phenoxy) is 1. The molecule has 0 saturated carbocycles. The van der Waals surface area contributed by atoms with Crippen LogP contribution in [0.4, 0.5) is 0 Å². The molecule has 0 aromatic heterocycles. The Balaban J connectivity index is 2.17. The van der Waals surface area contributed by atoms with Crippen LogP contribution < -0.4 is 4.72 Å². The molecule has 154 valence electrons. The van der Waals surface area contributed by atoms with Crippen LogP contribution in [0.3, 0.4) is 0 Å². The number of amides is 1. The summed E-state index contributed by atoms with van der Waals surface area (Å²) in [6, 6.07) is 6.37. The normalized spacial score (nSPS) is 17.9. The summed E-state index contributed by atoms with van der Waals surface area (Å²) in [7, 11) is -2.69. The Bertz CT molecular complexity index is 810. The molecule has 0 aliphatic carbocycles. The molecule has 0 spiro atoms. The monoisotopic (exact) mass is 412 g/mol. The number of hydrogen-bond acceptors (Lipinski definition) is 6. The van der Waals surface area contributed by atoms with Crippen LogP contribution in [0.15, 0.2) is 30.3 Å². The number of carbonyl (C=O) groups is 3. The van der Waals surface area contributed by atoms with Crippen molar-refractivity contribution in [3.8, 4) is 0 Å². The second-order valence-electron chi connectivity index (χ2n) is 6.56. The number of rotatable bonds is 9. The van der Waals surface area contributed by atoms with Gasteiger partial charge in [0, 0.05) is 13.0 Å². The molecule has 28 heavy (non-hydrogen) atoms. The summed E-state index contributed by atoms with van der Waals surface area (Å²) in [5.41, 5.74) is 0.535. The maximum atomic E-state index is 12.9. The lowest BCUT2D eigenvalue weighted by atomic mass is 10.1. The van der Waals surface area contributed by atoms with Gasteiger partial charge in [-0.15, -0.1) is 0 Å². The Kier molecular flexibility index (Phi) is 7.53. The lowest BCUT2D eigenvalue weighted by Gasteiger charge is -2.27. The lowest BCUT2D eigenvalue weighted by Crippen LogP contribution is -2.52. The fourth-order valence-electron chi connectivity index (χ4n) is 3.16. The number of esters is 1. The van der Waals surface area contributed by atoms with Crippen LogP contribution in [-0.4, -0.2) is 62.0 Å². The largest absolute Gasteiger partial charge is 0.481 e. The second kappa shape index (κ2) is 9.65. The van der Waals surface area contributed by atoms with Gasteiger partial charge in [-0.05, 0) is 24.8 Å². The Labute approximate surface area is 163 Å².